The van der Waals surface area contributed by atoms with Crippen molar-refractivity contribution in [2.75, 3.05) is 20.8 Å². The molecule has 0 aliphatic carbocycles. The summed E-state index contributed by atoms with van der Waals surface area (Å²) in [5.41, 5.74) is 3.39. The second-order valence-corrected chi connectivity index (χ2v) is 7.07. The van der Waals surface area contributed by atoms with Crippen LogP contribution < -0.4 is 14.2 Å². The highest BCUT2D eigenvalue weighted by atomic mass is 16.5. The molecule has 0 radical (unpaired) electrons. The van der Waals surface area contributed by atoms with Crippen molar-refractivity contribution in [3.63, 3.8) is 0 Å². The highest BCUT2D eigenvalue weighted by Gasteiger charge is 2.11. The first-order valence-corrected chi connectivity index (χ1v) is 10.1. The van der Waals surface area contributed by atoms with Crippen LogP contribution in [0, 0.1) is 0 Å². The van der Waals surface area contributed by atoms with Gasteiger partial charge in [-0.05, 0) is 48.4 Å². The molecule has 3 aromatic carbocycles. The molecule has 0 aliphatic heterocycles. The zero-order chi connectivity index (χ0) is 20.8. The lowest BCUT2D eigenvalue weighted by atomic mass is 10.1. The third kappa shape index (κ3) is 4.57. The average molecular weight is 402 g/mol. The van der Waals surface area contributed by atoms with Gasteiger partial charge < -0.3 is 18.8 Å². The number of para-hydroxylation sites is 2. The molecule has 0 saturated heterocycles. The van der Waals surface area contributed by atoms with Crippen LogP contribution in [0.2, 0.25) is 0 Å². The van der Waals surface area contributed by atoms with Gasteiger partial charge in [0.1, 0.15) is 23.1 Å². The number of rotatable bonds is 9. The van der Waals surface area contributed by atoms with E-state index in [0.717, 1.165) is 53.5 Å². The van der Waals surface area contributed by atoms with Gasteiger partial charge in [0, 0.05) is 19.0 Å². The topological polar surface area (TPSA) is 45.5 Å². The number of hydrogen-bond acceptors (Lipinski definition) is 4. The van der Waals surface area contributed by atoms with Crippen molar-refractivity contribution in [3.05, 3.63) is 84.2 Å². The molecule has 0 atom stereocenters. The molecule has 30 heavy (non-hydrogen) atoms. The number of fused-ring (bicyclic) bond motifs is 1. The first-order valence-electron chi connectivity index (χ1n) is 10.1. The van der Waals surface area contributed by atoms with Gasteiger partial charge in [0.05, 0.1) is 31.9 Å². The summed E-state index contributed by atoms with van der Waals surface area (Å²) in [6.07, 6.45) is 1.66. The van der Waals surface area contributed by atoms with E-state index in [2.05, 4.69) is 34.9 Å². The van der Waals surface area contributed by atoms with E-state index >= 15 is 0 Å². The first-order chi connectivity index (χ1) is 14.8. The quantitative estimate of drug-likeness (QED) is 0.365. The Bertz CT molecular complexity index is 1100. The summed E-state index contributed by atoms with van der Waals surface area (Å²) in [7, 11) is 3.34. The summed E-state index contributed by atoms with van der Waals surface area (Å²) in [6, 6.07) is 24.1. The van der Waals surface area contributed by atoms with Crippen LogP contribution in [-0.2, 0) is 13.0 Å². The van der Waals surface area contributed by atoms with Crippen molar-refractivity contribution < 1.29 is 14.2 Å². The molecule has 0 spiro atoms. The summed E-state index contributed by atoms with van der Waals surface area (Å²) < 4.78 is 18.7. The van der Waals surface area contributed by atoms with Crippen molar-refractivity contribution in [1.29, 1.82) is 0 Å². The normalized spacial score (nSPS) is 10.9. The predicted molar refractivity (Wildman–Crippen MR) is 119 cm³/mol. The van der Waals surface area contributed by atoms with E-state index in [1.807, 2.05) is 42.5 Å². The summed E-state index contributed by atoms with van der Waals surface area (Å²) in [5.74, 6) is 3.54. The molecule has 4 rings (SSSR count). The van der Waals surface area contributed by atoms with Crippen LogP contribution in [0.3, 0.4) is 0 Å². The third-order valence-corrected chi connectivity index (χ3v) is 5.09. The van der Waals surface area contributed by atoms with Crippen molar-refractivity contribution in [3.8, 4) is 17.2 Å². The minimum atomic E-state index is 0.627. The number of hydrogen-bond donors (Lipinski definition) is 0. The zero-order valence-electron chi connectivity index (χ0n) is 17.4. The van der Waals surface area contributed by atoms with Crippen molar-refractivity contribution in [1.82, 2.24) is 9.55 Å². The summed E-state index contributed by atoms with van der Waals surface area (Å²) in [5, 5.41) is 0. The van der Waals surface area contributed by atoms with Gasteiger partial charge in [-0.25, -0.2) is 4.98 Å². The van der Waals surface area contributed by atoms with Crippen LogP contribution in [0.1, 0.15) is 17.8 Å². The van der Waals surface area contributed by atoms with E-state index in [1.54, 1.807) is 14.2 Å². The molecular formula is C25H26N2O3. The lowest BCUT2D eigenvalue weighted by Gasteiger charge is -2.11. The van der Waals surface area contributed by atoms with E-state index < -0.39 is 0 Å². The van der Waals surface area contributed by atoms with Crippen LogP contribution in [0.15, 0.2) is 72.8 Å². The van der Waals surface area contributed by atoms with Crippen molar-refractivity contribution in [2.45, 2.75) is 19.4 Å². The molecule has 4 aromatic rings. The van der Waals surface area contributed by atoms with Crippen LogP contribution >= 0.6 is 0 Å². The Morgan fingerprint density at radius 2 is 1.57 bits per heavy atom. The maximum atomic E-state index is 5.91. The van der Waals surface area contributed by atoms with E-state index in [-0.39, 0.29) is 0 Å². The molecule has 1 heterocycles. The molecule has 0 N–H and O–H groups in total. The number of ether oxygens (including phenoxy) is 3. The van der Waals surface area contributed by atoms with E-state index in [1.165, 1.54) is 5.56 Å². The molecule has 5 nitrogen and oxygen atoms in total. The Labute approximate surface area is 176 Å². The smallest absolute Gasteiger partial charge is 0.122 e. The third-order valence-electron chi connectivity index (χ3n) is 5.09. The molecule has 0 saturated carbocycles. The molecule has 154 valence electrons. The van der Waals surface area contributed by atoms with Crippen molar-refractivity contribution in [2.24, 2.45) is 0 Å². The Kier molecular flexibility index (Phi) is 6.18. The second kappa shape index (κ2) is 9.35. The van der Waals surface area contributed by atoms with E-state index in [4.69, 9.17) is 19.2 Å². The van der Waals surface area contributed by atoms with Gasteiger partial charge in [0.25, 0.3) is 0 Å². The fourth-order valence-electron chi connectivity index (χ4n) is 3.54. The van der Waals surface area contributed by atoms with Crippen LogP contribution in [0.5, 0.6) is 17.2 Å². The summed E-state index contributed by atoms with van der Waals surface area (Å²) in [4.78, 5) is 4.88. The average Bonchev–Trinajstić information content (AvgIpc) is 3.14. The number of nitrogens with zero attached hydrogens (tertiary/aromatic N) is 2. The number of imidazole rings is 1. The van der Waals surface area contributed by atoms with E-state index in [0.29, 0.717) is 6.61 Å². The molecule has 0 aliphatic rings. The summed E-state index contributed by atoms with van der Waals surface area (Å²) in [6.45, 7) is 1.47. The lowest BCUT2D eigenvalue weighted by molar-refractivity contribution is 0.299. The molecule has 5 heteroatoms. The van der Waals surface area contributed by atoms with Gasteiger partial charge in [-0.15, -0.1) is 0 Å². The molecule has 0 unspecified atom stereocenters. The first kappa shape index (κ1) is 19.8. The highest BCUT2D eigenvalue weighted by Crippen LogP contribution is 2.22. The second-order valence-electron chi connectivity index (χ2n) is 7.07. The van der Waals surface area contributed by atoms with Crippen LogP contribution in [0.4, 0.5) is 0 Å². The maximum Gasteiger partial charge on any atom is 0.122 e. The van der Waals surface area contributed by atoms with Gasteiger partial charge >= 0.3 is 0 Å². The minimum absolute atomic E-state index is 0.627. The molecule has 0 fully saturated rings. The fraction of sp³-hybridized carbons (Fsp3) is 0.240. The number of aryl methyl sites for hydroxylation is 1. The number of methoxy groups -OCH3 is 2. The van der Waals surface area contributed by atoms with Crippen molar-refractivity contribution >= 4 is 11.0 Å². The Hall–Kier alpha value is -3.47. The SMILES string of the molecule is COc1ccc(Cc2nc3ccccc3n2CCCOc2cccc(OC)c2)cc1. The number of benzene rings is 3. The minimum Gasteiger partial charge on any atom is -0.497 e. The molecule has 0 amide bonds. The van der Waals surface area contributed by atoms with E-state index in [9.17, 15) is 0 Å². The maximum absolute atomic E-state index is 5.91. The van der Waals surface area contributed by atoms with Gasteiger partial charge in [0.2, 0.25) is 0 Å². The van der Waals surface area contributed by atoms with Gasteiger partial charge in [-0.3, -0.25) is 0 Å². The van der Waals surface area contributed by atoms with Gasteiger partial charge in [0.15, 0.2) is 0 Å². The van der Waals surface area contributed by atoms with Gasteiger partial charge in [-0.1, -0.05) is 30.3 Å². The zero-order valence-corrected chi connectivity index (χ0v) is 17.4. The summed E-state index contributed by atoms with van der Waals surface area (Å²) >= 11 is 0. The Morgan fingerprint density at radius 3 is 2.37 bits per heavy atom. The van der Waals surface area contributed by atoms with Gasteiger partial charge in [-0.2, -0.15) is 0 Å². The van der Waals surface area contributed by atoms with Crippen LogP contribution in [0.25, 0.3) is 11.0 Å². The lowest BCUT2D eigenvalue weighted by Crippen LogP contribution is -2.08. The molecule has 1 aromatic heterocycles. The standard InChI is InChI=1S/C25H26N2O3/c1-28-20-13-11-19(12-14-20)17-25-26-23-9-3-4-10-24(23)27(25)15-6-16-30-22-8-5-7-21(18-22)29-2/h3-5,7-14,18H,6,15-17H2,1-2H3. The monoisotopic (exact) mass is 402 g/mol. The molecule has 0 bridgehead atoms. The largest absolute Gasteiger partial charge is 0.497 e. The molecular weight excluding hydrogens is 376 g/mol. The fourth-order valence-corrected chi connectivity index (χ4v) is 3.54. The Morgan fingerprint density at radius 1 is 0.800 bits per heavy atom. The number of aromatic nitrogens is 2. The predicted octanol–water partition coefficient (Wildman–Crippen LogP) is 5.11. The Balaban J connectivity index is 1.47. The van der Waals surface area contributed by atoms with Crippen LogP contribution in [-0.4, -0.2) is 30.4 Å². The highest BCUT2D eigenvalue weighted by molar-refractivity contribution is 5.76.